The minimum atomic E-state index is -0.685. The first-order valence-electron chi connectivity index (χ1n) is 6.87. The maximum atomic E-state index is 12.1. The Bertz CT molecular complexity index is 561. The van der Waals surface area contributed by atoms with Gasteiger partial charge in [-0.25, -0.2) is 0 Å². The van der Waals surface area contributed by atoms with Crippen molar-refractivity contribution in [1.29, 1.82) is 0 Å². The largest absolute Gasteiger partial charge is 0.502 e. The van der Waals surface area contributed by atoms with Crippen LogP contribution in [0, 0.1) is 10.1 Å². The summed E-state index contributed by atoms with van der Waals surface area (Å²) in [6.45, 7) is 3.02. The predicted octanol–water partition coefficient (Wildman–Crippen LogP) is 1.51. The van der Waals surface area contributed by atoms with Gasteiger partial charge in [-0.3, -0.25) is 14.9 Å². The summed E-state index contributed by atoms with van der Waals surface area (Å²) >= 11 is 0. The van der Waals surface area contributed by atoms with Crippen molar-refractivity contribution >= 4 is 11.6 Å². The molecule has 1 saturated heterocycles. The Kier molecular flexibility index (Phi) is 4.42. The highest BCUT2D eigenvalue weighted by Gasteiger charge is 2.25. The summed E-state index contributed by atoms with van der Waals surface area (Å²) in [5, 5.41) is 23.1. The summed E-state index contributed by atoms with van der Waals surface area (Å²) < 4.78 is 0. The van der Waals surface area contributed by atoms with Crippen molar-refractivity contribution in [3.63, 3.8) is 0 Å². The number of benzene rings is 1. The zero-order valence-corrected chi connectivity index (χ0v) is 12.1. The number of carbonyl (C=O) groups is 1. The summed E-state index contributed by atoms with van der Waals surface area (Å²) in [4.78, 5) is 24.3. The number of nitro groups is 1. The number of nitrogens with zero attached hydrogens (tertiary/aromatic N) is 2. The molecule has 1 aromatic rings. The Hall–Kier alpha value is -2.15. The van der Waals surface area contributed by atoms with Crippen molar-refractivity contribution in [2.24, 2.45) is 0 Å². The fourth-order valence-electron chi connectivity index (χ4n) is 2.51. The van der Waals surface area contributed by atoms with Crippen LogP contribution in [0.1, 0.15) is 30.1 Å². The lowest BCUT2D eigenvalue weighted by Gasteiger charge is -2.35. The number of aromatic hydroxyl groups is 1. The van der Waals surface area contributed by atoms with Gasteiger partial charge in [0, 0.05) is 30.3 Å². The summed E-state index contributed by atoms with van der Waals surface area (Å²) in [6.07, 6.45) is 1.73. The van der Waals surface area contributed by atoms with E-state index in [4.69, 9.17) is 0 Å². The minimum Gasteiger partial charge on any atom is -0.502 e. The number of phenolic OH excluding ortho intramolecular Hbond substituents is 1. The Balaban J connectivity index is 2.04. The highest BCUT2D eigenvalue weighted by molar-refractivity contribution is 5.95. The second-order valence-electron chi connectivity index (χ2n) is 5.48. The molecule has 0 spiro atoms. The van der Waals surface area contributed by atoms with E-state index in [1.807, 2.05) is 0 Å². The van der Waals surface area contributed by atoms with Crippen molar-refractivity contribution < 1.29 is 14.8 Å². The number of piperidine rings is 1. The number of nitrogens with one attached hydrogen (secondary N) is 1. The number of amides is 1. The second kappa shape index (κ2) is 6.09. The third-order valence-corrected chi connectivity index (χ3v) is 3.98. The van der Waals surface area contributed by atoms with Gasteiger partial charge in [0.15, 0.2) is 5.75 Å². The van der Waals surface area contributed by atoms with Crippen LogP contribution in [-0.4, -0.2) is 46.5 Å². The van der Waals surface area contributed by atoms with Crippen LogP contribution in [0.2, 0.25) is 0 Å². The number of nitro benzene ring substituents is 1. The Morgan fingerprint density at radius 1 is 1.52 bits per heavy atom. The molecular formula is C14H19N3O4. The van der Waals surface area contributed by atoms with E-state index in [0.717, 1.165) is 31.5 Å². The highest BCUT2D eigenvalue weighted by Crippen LogP contribution is 2.26. The van der Waals surface area contributed by atoms with Gasteiger partial charge >= 0.3 is 5.69 Å². The number of likely N-dealkylation sites (tertiary alicyclic amines) is 1. The van der Waals surface area contributed by atoms with Crippen molar-refractivity contribution in [2.45, 2.75) is 31.8 Å². The van der Waals surface area contributed by atoms with Gasteiger partial charge in [-0.15, -0.1) is 0 Å². The average molecular weight is 293 g/mol. The predicted molar refractivity (Wildman–Crippen MR) is 77.3 cm³/mol. The standard InChI is InChI=1S/C14H19N3O4/c1-9-7-11(5-6-16(9)2)15-14(19)10-3-4-12(17(20)21)13(18)8-10/h3-4,8-9,11,18H,5-7H2,1-2H3,(H,15,19). The zero-order chi connectivity index (χ0) is 15.6. The van der Waals surface area contributed by atoms with Crippen LogP contribution in [0.5, 0.6) is 5.75 Å². The number of rotatable bonds is 3. The van der Waals surface area contributed by atoms with Crippen LogP contribution >= 0.6 is 0 Å². The molecule has 1 aliphatic heterocycles. The molecular weight excluding hydrogens is 274 g/mol. The molecule has 7 nitrogen and oxygen atoms in total. The Morgan fingerprint density at radius 3 is 2.81 bits per heavy atom. The number of hydrogen-bond donors (Lipinski definition) is 2. The highest BCUT2D eigenvalue weighted by atomic mass is 16.6. The van der Waals surface area contributed by atoms with Gasteiger partial charge in [0.2, 0.25) is 0 Å². The van der Waals surface area contributed by atoms with E-state index in [1.165, 1.54) is 6.07 Å². The minimum absolute atomic E-state index is 0.0843. The molecule has 0 saturated carbocycles. The molecule has 0 bridgehead atoms. The number of carbonyl (C=O) groups excluding carboxylic acids is 1. The topological polar surface area (TPSA) is 95.7 Å². The van der Waals surface area contributed by atoms with Gasteiger partial charge in [0.05, 0.1) is 4.92 Å². The molecule has 1 aromatic carbocycles. The number of hydrogen-bond acceptors (Lipinski definition) is 5. The maximum Gasteiger partial charge on any atom is 0.310 e. The van der Waals surface area contributed by atoms with Gasteiger partial charge in [-0.2, -0.15) is 0 Å². The molecule has 1 fully saturated rings. The third kappa shape index (κ3) is 3.49. The van der Waals surface area contributed by atoms with Crippen molar-refractivity contribution in [2.75, 3.05) is 13.6 Å². The molecule has 7 heteroatoms. The van der Waals surface area contributed by atoms with Gasteiger partial charge in [-0.05, 0) is 38.9 Å². The zero-order valence-electron chi connectivity index (χ0n) is 12.1. The van der Waals surface area contributed by atoms with Gasteiger partial charge in [-0.1, -0.05) is 0 Å². The lowest BCUT2D eigenvalue weighted by Crippen LogP contribution is -2.47. The van der Waals surface area contributed by atoms with Crippen LogP contribution in [0.3, 0.4) is 0 Å². The van der Waals surface area contributed by atoms with Crippen LogP contribution in [-0.2, 0) is 0 Å². The van der Waals surface area contributed by atoms with Gasteiger partial charge in [0.25, 0.3) is 5.91 Å². The molecule has 2 unspecified atom stereocenters. The van der Waals surface area contributed by atoms with E-state index in [2.05, 4.69) is 24.2 Å². The average Bonchev–Trinajstić information content (AvgIpc) is 2.42. The Morgan fingerprint density at radius 2 is 2.24 bits per heavy atom. The van der Waals surface area contributed by atoms with E-state index in [1.54, 1.807) is 0 Å². The third-order valence-electron chi connectivity index (χ3n) is 3.98. The molecule has 0 radical (unpaired) electrons. The normalized spacial score (nSPS) is 22.8. The number of phenols is 1. The fourth-order valence-corrected chi connectivity index (χ4v) is 2.51. The quantitative estimate of drug-likeness (QED) is 0.650. The van der Waals surface area contributed by atoms with Gasteiger partial charge < -0.3 is 15.3 Å². The SMILES string of the molecule is CC1CC(NC(=O)c2ccc([N+](=O)[O-])c(O)c2)CCN1C. The molecule has 2 N–H and O–H groups in total. The van der Waals surface area contributed by atoms with E-state index < -0.39 is 16.4 Å². The van der Waals surface area contributed by atoms with E-state index >= 15 is 0 Å². The molecule has 2 rings (SSSR count). The first kappa shape index (κ1) is 15.2. The molecule has 1 heterocycles. The maximum absolute atomic E-state index is 12.1. The molecule has 1 amide bonds. The van der Waals surface area contributed by atoms with Crippen molar-refractivity contribution in [1.82, 2.24) is 10.2 Å². The summed E-state index contributed by atoms with van der Waals surface area (Å²) in [5.74, 6) is -0.814. The molecule has 0 aliphatic carbocycles. The molecule has 1 aliphatic rings. The monoisotopic (exact) mass is 293 g/mol. The summed E-state index contributed by atoms with van der Waals surface area (Å²) in [5.41, 5.74) is -0.177. The molecule has 114 valence electrons. The first-order chi connectivity index (χ1) is 9.88. The molecule has 2 atom stereocenters. The van der Waals surface area contributed by atoms with Crippen LogP contribution in [0.25, 0.3) is 0 Å². The lowest BCUT2D eigenvalue weighted by atomic mass is 9.98. The fraction of sp³-hybridized carbons (Fsp3) is 0.500. The Labute approximate surface area is 122 Å². The summed E-state index contributed by atoms with van der Waals surface area (Å²) in [7, 11) is 2.05. The van der Waals surface area contributed by atoms with Crippen molar-refractivity contribution in [3.05, 3.63) is 33.9 Å². The van der Waals surface area contributed by atoms with E-state index in [9.17, 15) is 20.0 Å². The first-order valence-corrected chi connectivity index (χ1v) is 6.87. The molecule has 21 heavy (non-hydrogen) atoms. The smallest absolute Gasteiger partial charge is 0.310 e. The van der Waals surface area contributed by atoms with Crippen LogP contribution in [0.4, 0.5) is 5.69 Å². The van der Waals surface area contributed by atoms with Crippen LogP contribution in [0.15, 0.2) is 18.2 Å². The van der Waals surface area contributed by atoms with E-state index in [-0.39, 0.29) is 17.5 Å². The van der Waals surface area contributed by atoms with Gasteiger partial charge in [0.1, 0.15) is 0 Å². The van der Waals surface area contributed by atoms with E-state index in [0.29, 0.717) is 6.04 Å². The lowest BCUT2D eigenvalue weighted by molar-refractivity contribution is -0.385. The summed E-state index contributed by atoms with van der Waals surface area (Å²) in [6, 6.07) is 4.11. The van der Waals surface area contributed by atoms with Crippen LogP contribution < -0.4 is 5.32 Å². The van der Waals surface area contributed by atoms with Crippen molar-refractivity contribution in [3.8, 4) is 5.75 Å². The molecule has 0 aromatic heterocycles. The second-order valence-corrected chi connectivity index (χ2v) is 5.48.